The third-order valence-corrected chi connectivity index (χ3v) is 2.58. The number of aliphatic hydroxyl groups is 1. The van der Waals surface area contributed by atoms with Crippen molar-refractivity contribution in [1.82, 2.24) is 9.97 Å². The Morgan fingerprint density at radius 2 is 2.24 bits per heavy atom. The van der Waals surface area contributed by atoms with Crippen LogP contribution in [0.25, 0.3) is 0 Å². The summed E-state index contributed by atoms with van der Waals surface area (Å²) in [6, 6.07) is 0. The molecule has 1 aromatic heterocycles. The van der Waals surface area contributed by atoms with Crippen molar-refractivity contribution in [3.63, 3.8) is 0 Å². The molecule has 8 nitrogen and oxygen atoms in total. The number of rotatable bonds is 4. The Balaban J connectivity index is 3.29. The zero-order chi connectivity index (χ0) is 13.2. The van der Waals surface area contributed by atoms with E-state index in [0.717, 1.165) is 6.20 Å². The van der Waals surface area contributed by atoms with E-state index in [2.05, 4.69) is 9.97 Å². The van der Waals surface area contributed by atoms with Crippen LogP contribution < -0.4 is 10.6 Å². The van der Waals surface area contributed by atoms with Crippen molar-refractivity contribution in [2.24, 2.45) is 0 Å². The first kappa shape index (κ1) is 13.1. The van der Waals surface area contributed by atoms with Gasteiger partial charge < -0.3 is 15.7 Å². The van der Waals surface area contributed by atoms with Crippen LogP contribution in [0.2, 0.25) is 0 Å². The van der Waals surface area contributed by atoms with Gasteiger partial charge in [-0.2, -0.15) is 4.98 Å². The summed E-state index contributed by atoms with van der Waals surface area (Å²) in [5.41, 5.74) is 4.48. The van der Waals surface area contributed by atoms with E-state index < -0.39 is 10.5 Å². The highest BCUT2D eigenvalue weighted by Crippen LogP contribution is 2.29. The van der Waals surface area contributed by atoms with Gasteiger partial charge in [-0.05, 0) is 13.8 Å². The maximum atomic E-state index is 10.8. The van der Waals surface area contributed by atoms with Crippen molar-refractivity contribution in [1.29, 1.82) is 0 Å². The first-order chi connectivity index (χ1) is 7.79. The lowest BCUT2D eigenvalue weighted by atomic mass is 10.1. The molecule has 1 heterocycles. The van der Waals surface area contributed by atoms with Crippen LogP contribution in [0, 0.1) is 10.1 Å². The first-order valence-corrected chi connectivity index (χ1v) is 4.91. The van der Waals surface area contributed by atoms with E-state index in [1.165, 1.54) is 4.90 Å². The minimum Gasteiger partial charge on any atom is -0.394 e. The van der Waals surface area contributed by atoms with Crippen LogP contribution in [-0.2, 0) is 0 Å². The minimum absolute atomic E-state index is 0.0498. The normalized spacial score (nSPS) is 11.3. The van der Waals surface area contributed by atoms with Gasteiger partial charge in [0.15, 0.2) is 0 Å². The molecule has 1 rings (SSSR count). The monoisotopic (exact) mass is 241 g/mol. The van der Waals surface area contributed by atoms with Crippen molar-refractivity contribution >= 4 is 17.5 Å². The van der Waals surface area contributed by atoms with Crippen LogP contribution in [0.5, 0.6) is 0 Å². The van der Waals surface area contributed by atoms with Gasteiger partial charge in [0.25, 0.3) is 0 Å². The summed E-state index contributed by atoms with van der Waals surface area (Å²) >= 11 is 0. The largest absolute Gasteiger partial charge is 0.394 e. The van der Waals surface area contributed by atoms with Crippen LogP contribution in [0.4, 0.5) is 17.5 Å². The topological polar surface area (TPSA) is 118 Å². The molecule has 0 saturated carbocycles. The fourth-order valence-electron chi connectivity index (χ4n) is 1.15. The average Bonchev–Trinajstić information content (AvgIpc) is 2.27. The number of aliphatic hydroxyl groups excluding tert-OH is 1. The van der Waals surface area contributed by atoms with Crippen molar-refractivity contribution in [3.05, 3.63) is 16.3 Å². The Morgan fingerprint density at radius 3 is 2.71 bits per heavy atom. The molecule has 17 heavy (non-hydrogen) atoms. The number of nitrogen functional groups attached to an aromatic ring is 1. The average molecular weight is 241 g/mol. The number of hydrogen-bond acceptors (Lipinski definition) is 7. The molecular formula is C9H15N5O3. The molecule has 0 fully saturated rings. The molecule has 1 aromatic rings. The second-order valence-corrected chi connectivity index (χ2v) is 4.22. The van der Waals surface area contributed by atoms with Crippen molar-refractivity contribution < 1.29 is 10.0 Å². The Labute approximate surface area is 98.2 Å². The van der Waals surface area contributed by atoms with Gasteiger partial charge in [-0.25, -0.2) is 4.98 Å². The van der Waals surface area contributed by atoms with Gasteiger partial charge in [-0.15, -0.1) is 0 Å². The summed E-state index contributed by atoms with van der Waals surface area (Å²) in [6.07, 6.45) is 1.06. The van der Waals surface area contributed by atoms with Crippen LogP contribution in [0.15, 0.2) is 6.20 Å². The third-order valence-electron chi connectivity index (χ3n) is 2.58. The summed E-state index contributed by atoms with van der Waals surface area (Å²) < 4.78 is 0. The molecule has 0 aliphatic carbocycles. The molecule has 8 heteroatoms. The van der Waals surface area contributed by atoms with Crippen molar-refractivity contribution in [2.75, 3.05) is 24.3 Å². The van der Waals surface area contributed by atoms with E-state index in [4.69, 9.17) is 5.73 Å². The highest BCUT2D eigenvalue weighted by Gasteiger charge is 2.30. The summed E-state index contributed by atoms with van der Waals surface area (Å²) in [6.45, 7) is 3.29. The van der Waals surface area contributed by atoms with E-state index in [0.29, 0.717) is 0 Å². The minimum atomic E-state index is -0.689. The molecule has 0 saturated heterocycles. The Hall–Kier alpha value is -1.96. The van der Waals surface area contributed by atoms with E-state index in [9.17, 15) is 15.2 Å². The molecule has 0 atom stereocenters. The van der Waals surface area contributed by atoms with Gasteiger partial charge in [0.1, 0.15) is 6.20 Å². The molecule has 0 unspecified atom stereocenters. The van der Waals surface area contributed by atoms with E-state index in [-0.39, 0.29) is 24.1 Å². The number of aromatic nitrogens is 2. The highest BCUT2D eigenvalue weighted by molar-refractivity contribution is 5.59. The number of likely N-dealkylation sites (N-methyl/N-ethyl adjacent to an activating group) is 1. The number of anilines is 2. The quantitative estimate of drug-likeness (QED) is 0.569. The van der Waals surface area contributed by atoms with Crippen LogP contribution in [0.3, 0.4) is 0 Å². The number of nitro groups is 1. The SMILES string of the molecule is CN(c1nc(N)ncc1[N+](=O)[O-])C(C)(C)CO. The second kappa shape index (κ2) is 4.50. The maximum Gasteiger partial charge on any atom is 0.329 e. The summed E-state index contributed by atoms with van der Waals surface area (Å²) in [7, 11) is 1.60. The molecule has 0 bridgehead atoms. The van der Waals surface area contributed by atoms with Crippen LogP contribution in [-0.4, -0.2) is 39.2 Å². The number of hydrogen-bond donors (Lipinski definition) is 2. The Morgan fingerprint density at radius 1 is 1.65 bits per heavy atom. The maximum absolute atomic E-state index is 10.8. The number of nitrogens with zero attached hydrogens (tertiary/aromatic N) is 4. The first-order valence-electron chi connectivity index (χ1n) is 4.91. The molecular weight excluding hydrogens is 226 g/mol. The lowest BCUT2D eigenvalue weighted by Gasteiger charge is -2.34. The predicted molar refractivity (Wildman–Crippen MR) is 62.7 cm³/mol. The van der Waals surface area contributed by atoms with E-state index >= 15 is 0 Å². The van der Waals surface area contributed by atoms with E-state index in [1.807, 2.05) is 0 Å². The van der Waals surface area contributed by atoms with Crippen LogP contribution >= 0.6 is 0 Å². The van der Waals surface area contributed by atoms with Gasteiger partial charge in [-0.3, -0.25) is 10.1 Å². The smallest absolute Gasteiger partial charge is 0.329 e. The molecule has 0 spiro atoms. The second-order valence-electron chi connectivity index (χ2n) is 4.22. The van der Waals surface area contributed by atoms with Crippen LogP contribution in [0.1, 0.15) is 13.8 Å². The molecule has 3 N–H and O–H groups in total. The third kappa shape index (κ3) is 2.59. The predicted octanol–water partition coefficient (Wildman–Crippen LogP) is 0.174. The van der Waals surface area contributed by atoms with Gasteiger partial charge >= 0.3 is 5.69 Å². The molecule has 0 aliphatic rings. The molecule has 94 valence electrons. The van der Waals surface area contributed by atoms with Gasteiger partial charge in [0, 0.05) is 7.05 Å². The Kier molecular flexibility index (Phi) is 3.47. The Bertz CT molecular complexity index is 435. The lowest BCUT2D eigenvalue weighted by Crippen LogP contribution is -2.45. The summed E-state index contributed by atoms with van der Waals surface area (Å²) in [5.74, 6) is 0.0349. The fraction of sp³-hybridized carbons (Fsp3) is 0.556. The number of nitrogens with two attached hydrogens (primary N) is 1. The highest BCUT2D eigenvalue weighted by atomic mass is 16.6. The zero-order valence-corrected chi connectivity index (χ0v) is 9.91. The molecule has 0 radical (unpaired) electrons. The molecule has 0 aromatic carbocycles. The fourth-order valence-corrected chi connectivity index (χ4v) is 1.15. The van der Waals surface area contributed by atoms with Crippen molar-refractivity contribution in [3.8, 4) is 0 Å². The van der Waals surface area contributed by atoms with Gasteiger partial charge in [0.2, 0.25) is 11.8 Å². The van der Waals surface area contributed by atoms with Crippen molar-refractivity contribution in [2.45, 2.75) is 19.4 Å². The summed E-state index contributed by atoms with van der Waals surface area (Å²) in [5, 5.41) is 20.1. The van der Waals surface area contributed by atoms with Gasteiger partial charge in [-0.1, -0.05) is 0 Å². The standard InChI is InChI=1S/C9H15N5O3/c1-9(2,5-15)13(3)7-6(14(16)17)4-11-8(10)12-7/h4,15H,5H2,1-3H3,(H2,10,11,12). The zero-order valence-electron chi connectivity index (χ0n) is 9.91. The molecule has 0 amide bonds. The van der Waals surface area contributed by atoms with E-state index in [1.54, 1.807) is 20.9 Å². The van der Waals surface area contributed by atoms with Gasteiger partial charge in [0.05, 0.1) is 17.1 Å². The molecule has 0 aliphatic heterocycles. The summed E-state index contributed by atoms with van der Waals surface area (Å²) in [4.78, 5) is 19.2. The lowest BCUT2D eigenvalue weighted by molar-refractivity contribution is -0.384.